The summed E-state index contributed by atoms with van der Waals surface area (Å²) >= 11 is 0. The van der Waals surface area contributed by atoms with Gasteiger partial charge in [0.05, 0.1) is 36.5 Å². The van der Waals surface area contributed by atoms with Gasteiger partial charge >= 0.3 is 36.2 Å². The molecule has 0 spiro atoms. The van der Waals surface area contributed by atoms with Crippen molar-refractivity contribution in [3.63, 3.8) is 0 Å². The van der Waals surface area contributed by atoms with Crippen LogP contribution in [0.3, 0.4) is 0 Å². The largest absolute Gasteiger partial charge is 0.508 e. The molecule has 0 fully saturated rings. The fraction of sp³-hybridized carbons (Fsp3) is 0.344. The Bertz CT molecular complexity index is 2760. The molecule has 0 saturated heterocycles. The first-order chi connectivity index (χ1) is 39.0. The van der Waals surface area contributed by atoms with Crippen molar-refractivity contribution in [3.8, 4) is 17.2 Å². The second-order valence-corrected chi connectivity index (χ2v) is 21.2. The number of aliphatic hydroxyl groups is 3. The number of alkyl carbamates (subject to hydrolysis) is 3. The number of phenols is 1. The van der Waals surface area contributed by atoms with Crippen molar-refractivity contribution in [1.29, 1.82) is 0 Å². The lowest BCUT2D eigenvalue weighted by Crippen LogP contribution is -2.32. The number of esters is 2. The van der Waals surface area contributed by atoms with Gasteiger partial charge in [0, 0.05) is 19.6 Å². The van der Waals surface area contributed by atoms with Crippen LogP contribution in [0.5, 0.6) is 17.2 Å². The standard InChI is InChI=1S/2C20H23NO5.C13H17NO4.C7H8O2.C4H10/c2*1-20(2,3)26-19(24)21-12-14-4-8-16(9-5-14)18(23)25-17-10-6-15(13-22)7-11-17;1-13(2,3)18-12(17)14-8-9-4-6-10(7-5-9)11(15)16;8-5-6-1-3-7(9)4-2-6;1-3-4-2/h2*4-11,22H,12-13H2,1-3H3,(H,21,24);4-7H,8H2,1-3H3,(H,14,17)(H,15,16);1-4,8-9H,5H2;3-4H2,1-2H3. The number of rotatable bonds is 15. The summed E-state index contributed by atoms with van der Waals surface area (Å²) < 4.78 is 26.0. The number of carboxylic acid groups (broad SMARTS) is 1. The maximum Gasteiger partial charge on any atom is 0.407 e. The van der Waals surface area contributed by atoms with Gasteiger partial charge in [-0.3, -0.25) is 0 Å². The van der Waals surface area contributed by atoms with E-state index in [1.54, 1.807) is 196 Å². The van der Waals surface area contributed by atoms with E-state index in [2.05, 4.69) is 29.8 Å². The predicted octanol–water partition coefficient (Wildman–Crippen LogP) is 11.9. The first-order valence-corrected chi connectivity index (χ1v) is 26.7. The number of carbonyl (C=O) groups excluding carboxylic acids is 5. The number of hydrogen-bond acceptors (Lipinski definition) is 15. The Morgan fingerprint density at radius 3 is 0.843 bits per heavy atom. The minimum absolute atomic E-state index is 0.0281. The Balaban J connectivity index is 0.000000387. The third-order valence-corrected chi connectivity index (χ3v) is 10.3. The Kier molecular flexibility index (Phi) is 30.4. The van der Waals surface area contributed by atoms with E-state index < -0.39 is 53.0 Å². The number of benzene rings is 6. The molecule has 0 radical (unpaired) electrons. The summed E-state index contributed by atoms with van der Waals surface area (Å²) in [6.45, 7) is 21.3. The number of carboxylic acids is 1. The molecule has 8 N–H and O–H groups in total. The van der Waals surface area contributed by atoms with Crippen LogP contribution < -0.4 is 25.4 Å². The van der Waals surface area contributed by atoms with Crippen LogP contribution >= 0.6 is 0 Å². The normalized spacial score (nSPS) is 10.6. The Hall–Kier alpha value is -8.78. The van der Waals surface area contributed by atoms with Crippen molar-refractivity contribution < 1.29 is 78.0 Å². The van der Waals surface area contributed by atoms with Gasteiger partial charge in [-0.25, -0.2) is 28.8 Å². The molecule has 19 heteroatoms. The second-order valence-electron chi connectivity index (χ2n) is 21.2. The van der Waals surface area contributed by atoms with E-state index >= 15 is 0 Å². The lowest BCUT2D eigenvalue weighted by molar-refractivity contribution is 0.0512. The van der Waals surface area contributed by atoms with Gasteiger partial charge in [0.15, 0.2) is 0 Å². The first kappa shape index (κ1) is 70.3. The quantitative estimate of drug-likeness (QED) is 0.0269. The van der Waals surface area contributed by atoms with E-state index in [0.29, 0.717) is 42.3 Å². The van der Waals surface area contributed by atoms with Gasteiger partial charge in [0.1, 0.15) is 34.1 Å². The van der Waals surface area contributed by atoms with Crippen molar-refractivity contribution in [3.05, 3.63) is 196 Å². The van der Waals surface area contributed by atoms with Crippen LogP contribution in [0.2, 0.25) is 0 Å². The van der Waals surface area contributed by atoms with E-state index in [4.69, 9.17) is 49.2 Å². The maximum absolute atomic E-state index is 12.1. The van der Waals surface area contributed by atoms with E-state index in [-0.39, 0.29) is 31.1 Å². The number of amides is 3. The summed E-state index contributed by atoms with van der Waals surface area (Å²) in [7, 11) is 0. The summed E-state index contributed by atoms with van der Waals surface area (Å²) in [5.41, 5.74) is 4.17. The minimum atomic E-state index is -0.971. The fourth-order valence-electron chi connectivity index (χ4n) is 6.01. The van der Waals surface area contributed by atoms with Gasteiger partial charge in [-0.05, 0) is 168 Å². The zero-order chi connectivity index (χ0) is 62.2. The summed E-state index contributed by atoms with van der Waals surface area (Å²) in [5, 5.41) is 52.0. The van der Waals surface area contributed by atoms with Gasteiger partial charge in [0.2, 0.25) is 0 Å². The van der Waals surface area contributed by atoms with E-state index in [1.807, 2.05) is 0 Å². The Labute approximate surface area is 486 Å². The van der Waals surface area contributed by atoms with Crippen LogP contribution in [0.1, 0.15) is 153 Å². The monoisotopic (exact) mass is 1150 g/mol. The smallest absolute Gasteiger partial charge is 0.407 e. The molecule has 0 bridgehead atoms. The third-order valence-electron chi connectivity index (χ3n) is 10.3. The van der Waals surface area contributed by atoms with Crippen molar-refractivity contribution in [2.24, 2.45) is 0 Å². The van der Waals surface area contributed by atoms with Crippen LogP contribution in [0, 0.1) is 0 Å². The number of carbonyl (C=O) groups is 6. The fourth-order valence-corrected chi connectivity index (χ4v) is 6.01. The first-order valence-electron chi connectivity index (χ1n) is 26.7. The third kappa shape index (κ3) is 31.7. The van der Waals surface area contributed by atoms with Crippen LogP contribution in [-0.4, -0.2) is 78.5 Å². The summed E-state index contributed by atoms with van der Waals surface area (Å²) in [5.74, 6) is -0.888. The minimum Gasteiger partial charge on any atom is -0.508 e. The van der Waals surface area contributed by atoms with Crippen LogP contribution in [0.25, 0.3) is 0 Å². The summed E-state index contributed by atoms with van der Waals surface area (Å²) in [6, 6.07) is 39.5. The summed E-state index contributed by atoms with van der Waals surface area (Å²) in [6.07, 6.45) is 1.16. The zero-order valence-corrected chi connectivity index (χ0v) is 49.2. The van der Waals surface area contributed by atoms with Crippen LogP contribution in [0.15, 0.2) is 146 Å². The molecule has 3 amide bonds. The number of aromatic hydroxyl groups is 1. The van der Waals surface area contributed by atoms with Gasteiger partial charge in [-0.1, -0.05) is 99.5 Å². The molecular weight excluding hydrogens is 1070 g/mol. The SMILES string of the molecule is CC(C)(C)OC(=O)NCc1ccc(C(=O)O)cc1.CC(C)(C)OC(=O)NCc1ccc(C(=O)Oc2ccc(CO)cc2)cc1.CC(C)(C)OC(=O)NCc1ccc(C(=O)Oc2ccc(CO)cc2)cc1.CCCC.OCc1ccc(O)cc1. The number of nitrogens with one attached hydrogen (secondary N) is 3. The number of unbranched alkanes of at least 4 members (excludes halogenated alkanes) is 1. The lowest BCUT2D eigenvalue weighted by atomic mass is 10.1. The molecule has 0 aliphatic heterocycles. The Morgan fingerprint density at radius 1 is 0.373 bits per heavy atom. The number of ether oxygens (including phenoxy) is 5. The Morgan fingerprint density at radius 2 is 0.614 bits per heavy atom. The molecule has 83 heavy (non-hydrogen) atoms. The zero-order valence-electron chi connectivity index (χ0n) is 49.2. The molecule has 0 aliphatic carbocycles. The van der Waals surface area contributed by atoms with Crippen LogP contribution in [0.4, 0.5) is 14.4 Å². The van der Waals surface area contributed by atoms with Gasteiger partial charge in [-0.15, -0.1) is 0 Å². The van der Waals surface area contributed by atoms with E-state index in [1.165, 1.54) is 25.0 Å². The molecule has 0 saturated carbocycles. The van der Waals surface area contributed by atoms with E-state index in [9.17, 15) is 28.8 Å². The highest BCUT2D eigenvalue weighted by atomic mass is 16.6. The number of hydrogen-bond donors (Lipinski definition) is 8. The molecule has 0 unspecified atom stereocenters. The molecule has 0 heterocycles. The van der Waals surface area contributed by atoms with Crippen molar-refractivity contribution in [2.45, 2.75) is 145 Å². The molecule has 6 aromatic rings. The average molecular weight is 1150 g/mol. The second kappa shape index (κ2) is 35.8. The highest BCUT2D eigenvalue weighted by Crippen LogP contribution is 2.18. The van der Waals surface area contributed by atoms with Gasteiger partial charge in [0.25, 0.3) is 0 Å². The average Bonchev–Trinajstić information content (AvgIpc) is 3.47. The maximum atomic E-state index is 12.1. The van der Waals surface area contributed by atoms with Crippen molar-refractivity contribution in [1.82, 2.24) is 16.0 Å². The number of phenolic OH excluding ortho intramolecular Hbond substituents is 1. The van der Waals surface area contributed by atoms with Gasteiger partial charge < -0.3 is 65.2 Å². The highest BCUT2D eigenvalue weighted by molar-refractivity contribution is 5.91. The summed E-state index contributed by atoms with van der Waals surface area (Å²) in [4.78, 5) is 69.6. The molecule has 6 rings (SSSR count). The number of aromatic carboxylic acids is 1. The molecule has 0 atom stereocenters. The molecule has 0 aromatic heterocycles. The molecule has 448 valence electrons. The molecular formula is C64H81N3O16. The highest BCUT2D eigenvalue weighted by Gasteiger charge is 2.18. The van der Waals surface area contributed by atoms with Crippen LogP contribution in [-0.2, 0) is 53.7 Å². The predicted molar refractivity (Wildman–Crippen MR) is 315 cm³/mol. The van der Waals surface area contributed by atoms with Crippen molar-refractivity contribution >= 4 is 36.2 Å². The molecule has 6 aromatic carbocycles. The molecule has 19 nitrogen and oxygen atoms in total. The van der Waals surface area contributed by atoms with E-state index in [0.717, 1.165) is 33.4 Å². The van der Waals surface area contributed by atoms with Crippen molar-refractivity contribution in [2.75, 3.05) is 0 Å². The number of aliphatic hydroxyl groups excluding tert-OH is 3. The lowest BCUT2D eigenvalue weighted by Gasteiger charge is -2.19. The topological polar surface area (TPSA) is 286 Å². The van der Waals surface area contributed by atoms with Gasteiger partial charge in [-0.2, -0.15) is 0 Å². The molecule has 0 aliphatic rings.